The minimum atomic E-state index is -0.397. The molecule has 0 spiro atoms. The van der Waals surface area contributed by atoms with Crippen molar-refractivity contribution >= 4 is 0 Å². The molecule has 0 aromatic heterocycles. The quantitative estimate of drug-likeness (QED) is 0.840. The Labute approximate surface area is 94.7 Å². The van der Waals surface area contributed by atoms with E-state index >= 15 is 0 Å². The lowest BCUT2D eigenvalue weighted by molar-refractivity contribution is 0.387. The van der Waals surface area contributed by atoms with E-state index in [-0.39, 0.29) is 23.2 Å². The Balaban J connectivity index is 2.43. The molecule has 1 aromatic carbocycles. The Hall–Kier alpha value is -0.960. The minimum absolute atomic E-state index is 0.0943. The first-order valence-electron chi connectivity index (χ1n) is 5.68. The molecule has 1 aliphatic carbocycles. The van der Waals surface area contributed by atoms with Crippen LogP contribution in [0.4, 0.5) is 8.78 Å². The molecule has 3 heteroatoms. The molecular weight excluding hydrogens is 208 g/mol. The largest absolute Gasteiger partial charge is 0.325 e. The van der Waals surface area contributed by atoms with E-state index < -0.39 is 5.82 Å². The molecule has 1 nitrogen and oxygen atoms in total. The molecule has 88 valence electrons. The van der Waals surface area contributed by atoms with Crippen molar-refractivity contribution in [1.82, 2.24) is 0 Å². The fraction of sp³-hybridized carbons (Fsp3) is 0.538. The van der Waals surface area contributed by atoms with E-state index in [0.717, 1.165) is 18.9 Å². The van der Waals surface area contributed by atoms with Crippen molar-refractivity contribution in [3.05, 3.63) is 35.4 Å². The molecule has 0 aliphatic heterocycles. The summed E-state index contributed by atoms with van der Waals surface area (Å²) in [6.07, 6.45) is 1.79. The van der Waals surface area contributed by atoms with Gasteiger partial charge in [0, 0.05) is 11.5 Å². The molecule has 0 heterocycles. The van der Waals surface area contributed by atoms with Gasteiger partial charge in [-0.05, 0) is 42.5 Å². The van der Waals surface area contributed by atoms with Crippen LogP contribution in [0.2, 0.25) is 0 Å². The summed E-state index contributed by atoms with van der Waals surface area (Å²) in [4.78, 5) is 0. The van der Waals surface area contributed by atoms with E-state index in [1.807, 2.05) is 13.8 Å². The lowest BCUT2D eigenvalue weighted by atomic mass is 9.80. The number of rotatable bonds is 3. The molecule has 0 saturated heterocycles. The Kier molecular flexibility index (Phi) is 2.74. The maximum absolute atomic E-state index is 13.7. The topological polar surface area (TPSA) is 26.0 Å². The van der Waals surface area contributed by atoms with E-state index in [0.29, 0.717) is 5.56 Å². The van der Waals surface area contributed by atoms with E-state index in [1.54, 1.807) is 0 Å². The van der Waals surface area contributed by atoms with Gasteiger partial charge in [0.25, 0.3) is 0 Å². The van der Waals surface area contributed by atoms with Gasteiger partial charge in [0.15, 0.2) is 0 Å². The SMILES string of the molecule is CC(C)C(c1cc(F)ccc1F)C1(N)CC1. The van der Waals surface area contributed by atoms with E-state index in [1.165, 1.54) is 12.1 Å². The zero-order valence-electron chi connectivity index (χ0n) is 9.63. The van der Waals surface area contributed by atoms with Crippen LogP contribution in [0.15, 0.2) is 18.2 Å². The van der Waals surface area contributed by atoms with Crippen molar-refractivity contribution in [1.29, 1.82) is 0 Å². The summed E-state index contributed by atoms with van der Waals surface area (Å²) < 4.78 is 26.9. The highest BCUT2D eigenvalue weighted by Gasteiger charge is 2.48. The van der Waals surface area contributed by atoms with Crippen molar-refractivity contribution in [3.8, 4) is 0 Å². The molecule has 1 saturated carbocycles. The second-order valence-electron chi connectivity index (χ2n) is 5.12. The zero-order valence-corrected chi connectivity index (χ0v) is 9.63. The second kappa shape index (κ2) is 3.81. The fourth-order valence-corrected chi connectivity index (χ4v) is 2.54. The van der Waals surface area contributed by atoms with Crippen LogP contribution in [0.25, 0.3) is 0 Å². The van der Waals surface area contributed by atoms with Crippen molar-refractivity contribution < 1.29 is 8.78 Å². The van der Waals surface area contributed by atoms with E-state index in [4.69, 9.17) is 5.73 Å². The molecule has 1 atom stereocenters. The summed E-state index contributed by atoms with van der Waals surface area (Å²) in [7, 11) is 0. The molecular formula is C13H17F2N. The highest BCUT2D eigenvalue weighted by atomic mass is 19.1. The number of hydrogen-bond acceptors (Lipinski definition) is 1. The van der Waals surface area contributed by atoms with Gasteiger partial charge in [0.05, 0.1) is 0 Å². The first-order valence-corrected chi connectivity index (χ1v) is 5.68. The molecule has 1 aromatic rings. The van der Waals surface area contributed by atoms with Crippen molar-refractivity contribution in [2.45, 2.75) is 38.1 Å². The number of halogens is 2. The van der Waals surface area contributed by atoms with Gasteiger partial charge in [-0.25, -0.2) is 8.78 Å². The average Bonchev–Trinajstić information content (AvgIpc) is 2.90. The molecule has 16 heavy (non-hydrogen) atoms. The molecule has 0 radical (unpaired) electrons. The molecule has 0 amide bonds. The lowest BCUT2D eigenvalue weighted by Crippen LogP contribution is -2.34. The maximum atomic E-state index is 13.7. The summed E-state index contributed by atoms with van der Waals surface area (Å²) in [6.45, 7) is 4.00. The molecule has 1 aliphatic rings. The van der Waals surface area contributed by atoms with Crippen LogP contribution in [0.1, 0.15) is 38.2 Å². The average molecular weight is 225 g/mol. The number of benzene rings is 1. The summed E-state index contributed by atoms with van der Waals surface area (Å²) in [6, 6.07) is 3.62. The standard InChI is InChI=1S/C13H17F2N/c1-8(2)12(13(16)5-6-13)10-7-9(14)3-4-11(10)15/h3-4,7-8,12H,5-6,16H2,1-2H3. The third-order valence-corrected chi connectivity index (χ3v) is 3.41. The van der Waals surface area contributed by atoms with Gasteiger partial charge in [-0.1, -0.05) is 13.8 Å². The molecule has 2 rings (SSSR count). The number of hydrogen-bond donors (Lipinski definition) is 1. The Bertz CT molecular complexity index is 397. The van der Waals surface area contributed by atoms with Gasteiger partial charge in [0.1, 0.15) is 11.6 Å². The third-order valence-electron chi connectivity index (χ3n) is 3.41. The normalized spacial score (nSPS) is 19.9. The van der Waals surface area contributed by atoms with Crippen LogP contribution >= 0.6 is 0 Å². The zero-order chi connectivity index (χ0) is 11.9. The van der Waals surface area contributed by atoms with Gasteiger partial charge < -0.3 is 5.73 Å². The first kappa shape index (κ1) is 11.5. The van der Waals surface area contributed by atoms with Crippen molar-refractivity contribution in [2.24, 2.45) is 11.7 Å². The Morgan fingerprint density at radius 1 is 1.25 bits per heavy atom. The second-order valence-corrected chi connectivity index (χ2v) is 5.12. The summed E-state index contributed by atoms with van der Waals surface area (Å²) in [5.74, 6) is -0.630. The summed E-state index contributed by atoms with van der Waals surface area (Å²) in [5, 5.41) is 0. The highest BCUT2D eigenvalue weighted by Crippen LogP contribution is 2.49. The number of nitrogens with two attached hydrogens (primary N) is 1. The molecule has 0 bridgehead atoms. The van der Waals surface area contributed by atoms with Crippen LogP contribution in [-0.4, -0.2) is 5.54 Å². The monoisotopic (exact) mass is 225 g/mol. The van der Waals surface area contributed by atoms with E-state index in [9.17, 15) is 8.78 Å². The third kappa shape index (κ3) is 1.96. The van der Waals surface area contributed by atoms with Gasteiger partial charge in [-0.2, -0.15) is 0 Å². The van der Waals surface area contributed by atoms with Crippen molar-refractivity contribution in [3.63, 3.8) is 0 Å². The van der Waals surface area contributed by atoms with Crippen LogP contribution < -0.4 is 5.73 Å². The summed E-state index contributed by atoms with van der Waals surface area (Å²) in [5.41, 5.74) is 6.25. The van der Waals surface area contributed by atoms with Gasteiger partial charge in [-0.15, -0.1) is 0 Å². The van der Waals surface area contributed by atoms with Crippen LogP contribution in [0.5, 0.6) is 0 Å². The predicted octanol–water partition coefficient (Wildman–Crippen LogP) is 3.20. The van der Waals surface area contributed by atoms with Gasteiger partial charge >= 0.3 is 0 Å². The molecule has 2 N–H and O–H groups in total. The smallest absolute Gasteiger partial charge is 0.126 e. The lowest BCUT2D eigenvalue weighted by Gasteiger charge is -2.28. The van der Waals surface area contributed by atoms with Crippen LogP contribution in [-0.2, 0) is 0 Å². The first-order chi connectivity index (χ1) is 7.44. The van der Waals surface area contributed by atoms with Gasteiger partial charge in [-0.3, -0.25) is 0 Å². The minimum Gasteiger partial charge on any atom is -0.325 e. The van der Waals surface area contributed by atoms with Crippen LogP contribution in [0, 0.1) is 17.6 Å². The van der Waals surface area contributed by atoms with Crippen LogP contribution in [0.3, 0.4) is 0 Å². The maximum Gasteiger partial charge on any atom is 0.126 e. The predicted molar refractivity (Wildman–Crippen MR) is 60.1 cm³/mol. The molecule has 1 fully saturated rings. The Morgan fingerprint density at radius 3 is 2.38 bits per heavy atom. The highest BCUT2D eigenvalue weighted by molar-refractivity contribution is 5.30. The fourth-order valence-electron chi connectivity index (χ4n) is 2.54. The van der Waals surface area contributed by atoms with E-state index in [2.05, 4.69) is 0 Å². The van der Waals surface area contributed by atoms with Crippen molar-refractivity contribution in [2.75, 3.05) is 0 Å². The Morgan fingerprint density at radius 2 is 1.88 bits per heavy atom. The summed E-state index contributed by atoms with van der Waals surface area (Å²) >= 11 is 0. The molecule has 1 unspecified atom stereocenters. The van der Waals surface area contributed by atoms with Gasteiger partial charge in [0.2, 0.25) is 0 Å².